The second-order valence-corrected chi connectivity index (χ2v) is 6.67. The van der Waals surface area contributed by atoms with Gasteiger partial charge in [0.15, 0.2) is 17.2 Å². The molecule has 2 rings (SSSR count). The van der Waals surface area contributed by atoms with E-state index in [4.69, 9.17) is 5.11 Å². The number of carboxylic acid groups (broad SMARTS) is 1. The minimum absolute atomic E-state index is 0.139. The van der Waals surface area contributed by atoms with Crippen LogP contribution in [0.1, 0.15) is 37.7 Å². The zero-order valence-corrected chi connectivity index (χ0v) is 15.6. The first-order valence-corrected chi connectivity index (χ1v) is 9.20. The van der Waals surface area contributed by atoms with E-state index < -0.39 is 54.0 Å². The number of halogens is 2. The molecule has 1 aliphatic rings. The molecule has 0 atom stereocenters. The number of aliphatic carboxylic acids is 1. The van der Waals surface area contributed by atoms with E-state index in [0.717, 1.165) is 38.2 Å². The molecule has 10 heteroatoms. The Morgan fingerprint density at radius 3 is 2.31 bits per heavy atom. The van der Waals surface area contributed by atoms with Crippen molar-refractivity contribution in [2.45, 2.75) is 44.7 Å². The summed E-state index contributed by atoms with van der Waals surface area (Å²) in [6.45, 7) is -1.19. The highest BCUT2D eigenvalue weighted by atomic mass is 19.2. The number of aliphatic hydroxyl groups is 1. The summed E-state index contributed by atoms with van der Waals surface area (Å²) in [7, 11) is 0. The Labute approximate surface area is 166 Å². The summed E-state index contributed by atoms with van der Waals surface area (Å²) in [6.07, 6.45) is 4.38. The molecular formula is C19H23F2N3O5. The Morgan fingerprint density at radius 1 is 1.00 bits per heavy atom. The lowest BCUT2D eigenvalue weighted by Gasteiger charge is -2.24. The predicted octanol–water partition coefficient (Wildman–Crippen LogP) is 1.47. The first-order chi connectivity index (χ1) is 13.8. The molecule has 0 spiro atoms. The van der Waals surface area contributed by atoms with Gasteiger partial charge in [-0.25, -0.2) is 8.78 Å². The molecule has 8 nitrogen and oxygen atoms in total. The first kappa shape index (κ1) is 22.1. The van der Waals surface area contributed by atoms with Crippen molar-refractivity contribution in [1.82, 2.24) is 16.0 Å². The maximum atomic E-state index is 13.7. The highest BCUT2D eigenvalue weighted by Gasteiger charge is 2.26. The Balaban J connectivity index is 2.16. The number of rotatable bonds is 8. The van der Waals surface area contributed by atoms with Gasteiger partial charge in [-0.1, -0.05) is 31.4 Å². The lowest BCUT2D eigenvalue weighted by molar-refractivity contribution is -0.138. The van der Waals surface area contributed by atoms with Crippen LogP contribution in [0.15, 0.2) is 29.7 Å². The number of hydrogen-bond acceptors (Lipinski definition) is 5. The maximum Gasteiger partial charge on any atom is 0.322 e. The summed E-state index contributed by atoms with van der Waals surface area (Å²) in [5.74, 6) is -6.42. The molecule has 1 aliphatic carbocycles. The van der Waals surface area contributed by atoms with Crippen LogP contribution in [0.25, 0.3) is 0 Å². The van der Waals surface area contributed by atoms with Gasteiger partial charge in [0, 0.05) is 18.2 Å². The summed E-state index contributed by atoms with van der Waals surface area (Å²) in [5.41, 5.74) is -0.878. The fraction of sp³-hybridized carbons (Fsp3) is 0.421. The van der Waals surface area contributed by atoms with Crippen molar-refractivity contribution in [2.75, 3.05) is 6.54 Å². The van der Waals surface area contributed by atoms with Crippen molar-refractivity contribution in [3.05, 3.63) is 46.9 Å². The van der Waals surface area contributed by atoms with E-state index in [-0.39, 0.29) is 11.6 Å². The Morgan fingerprint density at radius 2 is 1.66 bits per heavy atom. The third-order valence-corrected chi connectivity index (χ3v) is 4.51. The van der Waals surface area contributed by atoms with Crippen LogP contribution < -0.4 is 16.0 Å². The molecule has 5 N–H and O–H groups in total. The summed E-state index contributed by atoms with van der Waals surface area (Å²) in [5, 5.41) is 26.0. The van der Waals surface area contributed by atoms with Crippen LogP contribution in [0, 0.1) is 11.6 Å². The van der Waals surface area contributed by atoms with Gasteiger partial charge >= 0.3 is 5.97 Å². The summed E-state index contributed by atoms with van der Waals surface area (Å²) < 4.78 is 27.0. The van der Waals surface area contributed by atoms with Crippen LogP contribution in [0.5, 0.6) is 0 Å². The zero-order chi connectivity index (χ0) is 21.4. The van der Waals surface area contributed by atoms with Crippen LogP contribution >= 0.6 is 0 Å². The number of carbonyl (C=O) groups excluding carboxylic acids is 2. The quantitative estimate of drug-likeness (QED) is 0.191. The third-order valence-electron chi connectivity index (χ3n) is 4.51. The monoisotopic (exact) mass is 411 g/mol. The highest BCUT2D eigenvalue weighted by Crippen LogP contribution is 2.19. The van der Waals surface area contributed by atoms with Gasteiger partial charge < -0.3 is 26.2 Å². The molecule has 0 aromatic heterocycles. The molecule has 0 radical (unpaired) electrons. The molecule has 1 fully saturated rings. The number of hydrogen-bond donors (Lipinski definition) is 5. The van der Waals surface area contributed by atoms with E-state index in [1.807, 2.05) is 5.32 Å². The van der Waals surface area contributed by atoms with Gasteiger partial charge in [-0.15, -0.1) is 0 Å². The predicted molar refractivity (Wildman–Crippen MR) is 98.5 cm³/mol. The molecule has 0 unspecified atom stereocenters. The van der Waals surface area contributed by atoms with Gasteiger partial charge in [-0.05, 0) is 18.9 Å². The number of amides is 2. The lowest BCUT2D eigenvalue weighted by Crippen LogP contribution is -2.41. The number of aliphatic hydroxyl groups excluding tert-OH is 1. The number of nitrogens with one attached hydrogen (secondary N) is 3. The molecule has 1 aromatic rings. The molecule has 1 aromatic carbocycles. The van der Waals surface area contributed by atoms with Crippen LogP contribution in [-0.2, 0) is 20.9 Å². The van der Waals surface area contributed by atoms with Crippen molar-refractivity contribution in [2.24, 2.45) is 0 Å². The van der Waals surface area contributed by atoms with Crippen molar-refractivity contribution in [1.29, 1.82) is 0 Å². The smallest absolute Gasteiger partial charge is 0.322 e. The van der Waals surface area contributed by atoms with Crippen LogP contribution in [0.3, 0.4) is 0 Å². The molecule has 0 aliphatic heterocycles. The second-order valence-electron chi connectivity index (χ2n) is 6.67. The van der Waals surface area contributed by atoms with Gasteiger partial charge in [0.05, 0.1) is 0 Å². The molecule has 158 valence electrons. The molecule has 0 heterocycles. The standard InChI is InChI=1S/C19H23F2N3O5/c20-13-8-4-5-11(16(13)21)9-22-17(27)15(18(28)23-10-14(25)26)19(29)24-12-6-2-1-3-7-12/h4-5,8,12,24,29H,1-3,6-7,9-10H2,(H,22,27)(H,23,28)(H,25,26)/b19-15-. The van der Waals surface area contributed by atoms with Gasteiger partial charge in [-0.2, -0.15) is 0 Å². The van der Waals surface area contributed by atoms with Crippen LogP contribution in [0.4, 0.5) is 8.78 Å². The van der Waals surface area contributed by atoms with Crippen molar-refractivity contribution in [3.8, 4) is 0 Å². The summed E-state index contributed by atoms with van der Waals surface area (Å²) in [6, 6.07) is 3.30. The SMILES string of the molecule is O=C(O)CNC(=O)/C(C(=O)NCc1cccc(F)c1F)=C(\O)NC1CCCCC1. The topological polar surface area (TPSA) is 128 Å². The fourth-order valence-corrected chi connectivity index (χ4v) is 3.02. The maximum absolute atomic E-state index is 13.7. The van der Waals surface area contributed by atoms with E-state index in [2.05, 4.69) is 10.6 Å². The third kappa shape index (κ3) is 6.44. The minimum atomic E-state index is -1.33. The number of carboxylic acids is 1. The van der Waals surface area contributed by atoms with Crippen molar-refractivity contribution < 1.29 is 33.4 Å². The Hall–Kier alpha value is -3.17. The lowest BCUT2D eigenvalue weighted by atomic mass is 9.95. The van der Waals surface area contributed by atoms with Gasteiger partial charge in [0.1, 0.15) is 6.54 Å². The van der Waals surface area contributed by atoms with Gasteiger partial charge in [0.2, 0.25) is 5.88 Å². The first-order valence-electron chi connectivity index (χ1n) is 9.20. The normalized spacial score (nSPS) is 15.2. The van der Waals surface area contributed by atoms with E-state index in [9.17, 15) is 28.3 Å². The fourth-order valence-electron chi connectivity index (χ4n) is 3.02. The van der Waals surface area contributed by atoms with Gasteiger partial charge in [0.25, 0.3) is 11.8 Å². The van der Waals surface area contributed by atoms with Crippen molar-refractivity contribution >= 4 is 17.8 Å². The largest absolute Gasteiger partial charge is 0.494 e. The van der Waals surface area contributed by atoms with Crippen LogP contribution in [-0.4, -0.2) is 40.6 Å². The summed E-state index contributed by atoms with van der Waals surface area (Å²) >= 11 is 0. The molecular weight excluding hydrogens is 388 g/mol. The molecule has 2 amide bonds. The molecule has 29 heavy (non-hydrogen) atoms. The molecule has 0 saturated heterocycles. The van der Waals surface area contributed by atoms with E-state index >= 15 is 0 Å². The minimum Gasteiger partial charge on any atom is -0.494 e. The Kier molecular flexibility index (Phi) is 7.93. The summed E-state index contributed by atoms with van der Waals surface area (Å²) in [4.78, 5) is 35.4. The molecule has 1 saturated carbocycles. The van der Waals surface area contributed by atoms with E-state index in [1.165, 1.54) is 12.1 Å². The zero-order valence-electron chi connectivity index (χ0n) is 15.6. The van der Waals surface area contributed by atoms with Gasteiger partial charge in [-0.3, -0.25) is 14.4 Å². The number of carbonyl (C=O) groups is 3. The Bertz CT molecular complexity index is 807. The number of benzene rings is 1. The van der Waals surface area contributed by atoms with E-state index in [0.29, 0.717) is 0 Å². The highest BCUT2D eigenvalue weighted by molar-refractivity contribution is 6.19. The average molecular weight is 411 g/mol. The van der Waals surface area contributed by atoms with E-state index in [1.54, 1.807) is 0 Å². The van der Waals surface area contributed by atoms with Crippen LogP contribution in [0.2, 0.25) is 0 Å². The average Bonchev–Trinajstić information content (AvgIpc) is 2.68. The second kappa shape index (κ2) is 10.4. The molecule has 0 bridgehead atoms. The van der Waals surface area contributed by atoms with Crippen molar-refractivity contribution in [3.63, 3.8) is 0 Å².